The van der Waals surface area contributed by atoms with Crippen LogP contribution in [0.25, 0.3) is 0 Å². The van der Waals surface area contributed by atoms with Crippen molar-refractivity contribution < 1.29 is 13.2 Å². The number of hydrogen-bond donors (Lipinski definition) is 3. The molecule has 1 saturated carbocycles. The largest absolute Gasteiger partial charge is 0.490 e. The first kappa shape index (κ1) is 21.1. The van der Waals surface area contributed by atoms with Gasteiger partial charge in [-0.2, -0.15) is 5.10 Å². The van der Waals surface area contributed by atoms with E-state index in [1.54, 1.807) is 24.4 Å². The molecule has 2 unspecified atom stereocenters. The number of nitrogens with one attached hydrogen (secondary N) is 2. The van der Waals surface area contributed by atoms with Crippen LogP contribution in [0.5, 0.6) is 5.75 Å². The van der Waals surface area contributed by atoms with Crippen LogP contribution in [0.3, 0.4) is 0 Å². The summed E-state index contributed by atoms with van der Waals surface area (Å²) in [5.74, 6) is 1.65. The van der Waals surface area contributed by atoms with Crippen molar-refractivity contribution in [3.63, 3.8) is 0 Å². The SMILES string of the molecule is CCc1cc(S(=O)(=O)Nc2ccncn2)ccc1OC1CCCCC1c1cn[nH]c1N. The number of aromatic amines is 1. The maximum Gasteiger partial charge on any atom is 0.263 e. The number of sulfonamides is 1. The highest BCUT2D eigenvalue weighted by Gasteiger charge is 2.31. The van der Waals surface area contributed by atoms with E-state index in [1.807, 2.05) is 6.92 Å². The van der Waals surface area contributed by atoms with Crippen LogP contribution in [-0.4, -0.2) is 34.7 Å². The van der Waals surface area contributed by atoms with Gasteiger partial charge in [0.25, 0.3) is 10.0 Å². The predicted octanol–water partition coefficient (Wildman–Crippen LogP) is 3.25. The Bertz CT molecular complexity index is 1130. The molecule has 0 spiro atoms. The van der Waals surface area contributed by atoms with Crippen LogP contribution in [0.2, 0.25) is 0 Å². The topological polar surface area (TPSA) is 136 Å². The van der Waals surface area contributed by atoms with E-state index in [1.165, 1.54) is 18.6 Å². The molecule has 2 aromatic heterocycles. The molecule has 1 aromatic carbocycles. The second-order valence-electron chi connectivity index (χ2n) is 7.61. The van der Waals surface area contributed by atoms with Crippen LogP contribution < -0.4 is 15.2 Å². The smallest absolute Gasteiger partial charge is 0.263 e. The van der Waals surface area contributed by atoms with Gasteiger partial charge in [-0.05, 0) is 55.5 Å². The molecule has 0 radical (unpaired) electrons. The molecule has 2 heterocycles. The lowest BCUT2D eigenvalue weighted by atomic mass is 9.82. The molecule has 4 rings (SSSR count). The Kier molecular flexibility index (Phi) is 6.08. The first-order valence-electron chi connectivity index (χ1n) is 10.3. The van der Waals surface area contributed by atoms with Gasteiger partial charge in [0, 0.05) is 17.7 Å². The number of nitrogens with zero attached hydrogens (tertiary/aromatic N) is 3. The molecule has 9 nitrogen and oxygen atoms in total. The fourth-order valence-electron chi connectivity index (χ4n) is 4.02. The maximum absolute atomic E-state index is 12.8. The number of aromatic nitrogens is 4. The third kappa shape index (κ3) is 4.63. The van der Waals surface area contributed by atoms with Crippen molar-refractivity contribution in [1.29, 1.82) is 0 Å². The lowest BCUT2D eigenvalue weighted by Gasteiger charge is -2.32. The fraction of sp³-hybridized carbons (Fsp3) is 0.381. The van der Waals surface area contributed by atoms with E-state index >= 15 is 0 Å². The summed E-state index contributed by atoms with van der Waals surface area (Å²) in [6, 6.07) is 6.45. The highest BCUT2D eigenvalue weighted by molar-refractivity contribution is 7.92. The summed E-state index contributed by atoms with van der Waals surface area (Å²) < 4.78 is 34.5. The second kappa shape index (κ2) is 8.93. The highest BCUT2D eigenvalue weighted by Crippen LogP contribution is 2.38. The molecule has 164 valence electrons. The van der Waals surface area contributed by atoms with Gasteiger partial charge in [-0.25, -0.2) is 18.4 Å². The van der Waals surface area contributed by atoms with E-state index in [0.29, 0.717) is 18.0 Å². The molecule has 0 saturated heterocycles. The van der Waals surface area contributed by atoms with Crippen LogP contribution in [0, 0.1) is 0 Å². The molecule has 31 heavy (non-hydrogen) atoms. The molecule has 3 aromatic rings. The summed E-state index contributed by atoms with van der Waals surface area (Å²) in [4.78, 5) is 7.88. The number of ether oxygens (including phenoxy) is 1. The first-order valence-corrected chi connectivity index (χ1v) is 11.8. The molecule has 0 bridgehead atoms. The first-order chi connectivity index (χ1) is 15.0. The number of nitrogens with two attached hydrogens (primary N) is 1. The van der Waals surface area contributed by atoms with Crippen LogP contribution in [0.4, 0.5) is 11.6 Å². The normalized spacial score (nSPS) is 19.1. The Balaban J connectivity index is 1.57. The van der Waals surface area contributed by atoms with Crippen molar-refractivity contribution in [3.8, 4) is 5.75 Å². The van der Waals surface area contributed by atoms with E-state index in [0.717, 1.165) is 36.8 Å². The van der Waals surface area contributed by atoms with Gasteiger partial charge in [0.15, 0.2) is 0 Å². The number of anilines is 2. The molecule has 1 aliphatic rings. The molecule has 10 heteroatoms. The van der Waals surface area contributed by atoms with Gasteiger partial charge in [-0.3, -0.25) is 9.82 Å². The van der Waals surface area contributed by atoms with Gasteiger partial charge < -0.3 is 10.5 Å². The molecule has 0 aliphatic heterocycles. The van der Waals surface area contributed by atoms with Crippen molar-refractivity contribution in [2.45, 2.75) is 55.9 Å². The zero-order chi connectivity index (χ0) is 21.8. The van der Waals surface area contributed by atoms with Crippen molar-refractivity contribution >= 4 is 21.7 Å². The van der Waals surface area contributed by atoms with Crippen molar-refractivity contribution in [2.75, 3.05) is 10.5 Å². The van der Waals surface area contributed by atoms with E-state index in [4.69, 9.17) is 10.5 Å². The highest BCUT2D eigenvalue weighted by atomic mass is 32.2. The number of H-pyrrole nitrogens is 1. The second-order valence-corrected chi connectivity index (χ2v) is 9.29. The Morgan fingerprint density at radius 1 is 1.26 bits per heavy atom. The van der Waals surface area contributed by atoms with Gasteiger partial charge in [0.2, 0.25) is 0 Å². The zero-order valence-corrected chi connectivity index (χ0v) is 18.1. The summed E-state index contributed by atoms with van der Waals surface area (Å²) in [5, 5.41) is 6.86. The van der Waals surface area contributed by atoms with Crippen molar-refractivity contribution in [2.24, 2.45) is 0 Å². The van der Waals surface area contributed by atoms with Gasteiger partial charge in [0.05, 0.1) is 11.1 Å². The molecular formula is C21H26N6O3S. The fourth-order valence-corrected chi connectivity index (χ4v) is 5.08. The predicted molar refractivity (Wildman–Crippen MR) is 117 cm³/mol. The lowest BCUT2D eigenvalue weighted by Crippen LogP contribution is -2.29. The summed E-state index contributed by atoms with van der Waals surface area (Å²) >= 11 is 0. The number of hydrogen-bond acceptors (Lipinski definition) is 7. The Labute approximate surface area is 181 Å². The van der Waals surface area contributed by atoms with Crippen LogP contribution in [-0.2, 0) is 16.4 Å². The van der Waals surface area contributed by atoms with Gasteiger partial charge >= 0.3 is 0 Å². The molecular weight excluding hydrogens is 416 g/mol. The number of aryl methyl sites for hydroxylation is 1. The number of nitrogen functional groups attached to an aromatic ring is 1. The summed E-state index contributed by atoms with van der Waals surface area (Å²) in [6.07, 6.45) is 9.22. The average molecular weight is 443 g/mol. The monoisotopic (exact) mass is 442 g/mol. The van der Waals surface area contributed by atoms with E-state index < -0.39 is 10.0 Å². The lowest BCUT2D eigenvalue weighted by molar-refractivity contribution is 0.129. The molecule has 4 N–H and O–H groups in total. The average Bonchev–Trinajstić information content (AvgIpc) is 3.20. The maximum atomic E-state index is 12.8. The number of benzene rings is 1. The van der Waals surface area contributed by atoms with Gasteiger partial charge in [0.1, 0.15) is 29.8 Å². The van der Waals surface area contributed by atoms with E-state index in [2.05, 4.69) is 24.9 Å². The molecule has 1 fully saturated rings. The molecule has 2 atom stereocenters. The zero-order valence-electron chi connectivity index (χ0n) is 17.3. The van der Waals surface area contributed by atoms with E-state index in [9.17, 15) is 8.42 Å². The number of rotatable bonds is 7. The molecule has 0 amide bonds. The standard InChI is InChI=1S/C21H26N6O3S/c1-2-14-11-15(31(28,29)27-20-9-10-23-13-24-20)7-8-18(14)30-19-6-4-3-5-16(19)17-12-25-26-21(17)22/h7-13,16,19H,2-6H2,1H3,(H3,22,25,26)(H,23,24,27). The van der Waals surface area contributed by atoms with Crippen molar-refractivity contribution in [3.05, 3.63) is 54.1 Å². The minimum absolute atomic E-state index is 0.0412. The Morgan fingerprint density at radius 3 is 2.81 bits per heavy atom. The minimum atomic E-state index is -3.77. The van der Waals surface area contributed by atoms with Crippen LogP contribution >= 0.6 is 0 Å². The van der Waals surface area contributed by atoms with Gasteiger partial charge in [-0.1, -0.05) is 13.3 Å². The van der Waals surface area contributed by atoms with Gasteiger partial charge in [-0.15, -0.1) is 0 Å². The molecule has 1 aliphatic carbocycles. The van der Waals surface area contributed by atoms with Crippen molar-refractivity contribution in [1.82, 2.24) is 20.2 Å². The Hall–Kier alpha value is -3.14. The summed E-state index contributed by atoms with van der Waals surface area (Å²) in [6.45, 7) is 1.98. The minimum Gasteiger partial charge on any atom is -0.490 e. The van der Waals surface area contributed by atoms with Crippen LogP contribution in [0.15, 0.2) is 47.9 Å². The van der Waals surface area contributed by atoms with E-state index in [-0.39, 0.29) is 22.7 Å². The van der Waals surface area contributed by atoms with Crippen LogP contribution in [0.1, 0.15) is 49.7 Å². The summed E-state index contributed by atoms with van der Waals surface area (Å²) in [7, 11) is -3.77. The third-order valence-corrected chi connectivity index (χ3v) is 6.98. The summed E-state index contributed by atoms with van der Waals surface area (Å²) in [5.41, 5.74) is 7.87. The Morgan fingerprint density at radius 2 is 2.10 bits per heavy atom. The quantitative estimate of drug-likeness (QED) is 0.511. The third-order valence-electron chi connectivity index (χ3n) is 5.62.